The quantitative estimate of drug-likeness (QED) is 0.785. The van der Waals surface area contributed by atoms with Crippen molar-refractivity contribution in [3.63, 3.8) is 0 Å². The van der Waals surface area contributed by atoms with E-state index in [0.29, 0.717) is 25.2 Å². The highest BCUT2D eigenvalue weighted by Gasteiger charge is 2.52. The lowest BCUT2D eigenvalue weighted by atomic mass is 9.63. The SMILES string of the molecule is CC1CC(C)(C)CC(C(=O)O)(N(C=O)C(C)C)C1. The summed E-state index contributed by atoms with van der Waals surface area (Å²) in [5.74, 6) is -0.561. The highest BCUT2D eigenvalue weighted by molar-refractivity contribution is 5.82. The van der Waals surface area contributed by atoms with Crippen molar-refractivity contribution in [2.45, 2.75) is 65.5 Å². The lowest BCUT2D eigenvalue weighted by Gasteiger charge is -2.50. The van der Waals surface area contributed by atoms with Gasteiger partial charge in [0.25, 0.3) is 0 Å². The molecule has 0 saturated heterocycles. The molecule has 1 aliphatic rings. The second kappa shape index (κ2) is 4.90. The zero-order valence-corrected chi connectivity index (χ0v) is 12.1. The third-order valence-corrected chi connectivity index (χ3v) is 3.92. The number of carboxylic acid groups (broad SMARTS) is 1. The third-order valence-electron chi connectivity index (χ3n) is 3.92. The number of carbonyl (C=O) groups is 2. The van der Waals surface area contributed by atoms with Crippen molar-refractivity contribution in [2.75, 3.05) is 0 Å². The molecule has 2 unspecified atom stereocenters. The van der Waals surface area contributed by atoms with Crippen molar-refractivity contribution in [3.8, 4) is 0 Å². The summed E-state index contributed by atoms with van der Waals surface area (Å²) >= 11 is 0. The van der Waals surface area contributed by atoms with Crippen LogP contribution in [-0.2, 0) is 9.59 Å². The van der Waals surface area contributed by atoms with E-state index < -0.39 is 11.5 Å². The Balaban J connectivity index is 3.21. The minimum atomic E-state index is -1.04. The fourth-order valence-electron chi connectivity index (χ4n) is 3.71. The smallest absolute Gasteiger partial charge is 0.329 e. The number of hydrogen-bond acceptors (Lipinski definition) is 2. The largest absolute Gasteiger partial charge is 0.479 e. The van der Waals surface area contributed by atoms with Crippen LogP contribution in [0.1, 0.15) is 53.9 Å². The van der Waals surface area contributed by atoms with E-state index in [4.69, 9.17) is 0 Å². The van der Waals surface area contributed by atoms with Gasteiger partial charge in [0.1, 0.15) is 5.54 Å². The van der Waals surface area contributed by atoms with E-state index in [1.54, 1.807) is 0 Å². The van der Waals surface area contributed by atoms with Gasteiger partial charge < -0.3 is 10.0 Å². The first-order valence-electron chi connectivity index (χ1n) is 6.62. The molecule has 0 aromatic carbocycles. The zero-order valence-electron chi connectivity index (χ0n) is 12.1. The number of hydrogen-bond donors (Lipinski definition) is 1. The molecule has 1 amide bonds. The molecule has 1 N–H and O–H groups in total. The van der Waals surface area contributed by atoms with Crippen LogP contribution < -0.4 is 0 Å². The molecule has 1 rings (SSSR count). The molecule has 1 aliphatic carbocycles. The number of rotatable bonds is 4. The lowest BCUT2D eigenvalue weighted by molar-refractivity contribution is -0.165. The Bertz CT molecular complexity index is 338. The second-order valence-corrected chi connectivity index (χ2v) is 6.80. The minimum absolute atomic E-state index is 0.0494. The summed E-state index contributed by atoms with van der Waals surface area (Å²) in [5.41, 5.74) is -1.09. The maximum Gasteiger partial charge on any atom is 0.329 e. The highest BCUT2D eigenvalue weighted by atomic mass is 16.4. The van der Waals surface area contributed by atoms with Gasteiger partial charge in [-0.15, -0.1) is 0 Å². The van der Waals surface area contributed by atoms with E-state index in [9.17, 15) is 14.7 Å². The topological polar surface area (TPSA) is 57.6 Å². The van der Waals surface area contributed by atoms with E-state index in [1.807, 2.05) is 13.8 Å². The Kier molecular flexibility index (Phi) is 4.08. The normalized spacial score (nSPS) is 31.1. The molecule has 0 heterocycles. The molecule has 18 heavy (non-hydrogen) atoms. The van der Waals surface area contributed by atoms with Crippen molar-refractivity contribution in [1.29, 1.82) is 0 Å². The molecule has 0 bridgehead atoms. The summed E-state index contributed by atoms with van der Waals surface area (Å²) in [5, 5.41) is 9.69. The summed E-state index contributed by atoms with van der Waals surface area (Å²) < 4.78 is 0. The minimum Gasteiger partial charge on any atom is -0.479 e. The molecule has 0 aromatic heterocycles. The third kappa shape index (κ3) is 2.68. The van der Waals surface area contributed by atoms with Gasteiger partial charge in [0.2, 0.25) is 6.41 Å². The van der Waals surface area contributed by atoms with Crippen LogP contribution in [-0.4, -0.2) is 34.0 Å². The molecular weight excluding hydrogens is 230 g/mol. The van der Waals surface area contributed by atoms with Gasteiger partial charge in [-0.2, -0.15) is 0 Å². The lowest BCUT2D eigenvalue weighted by Crippen LogP contribution is -2.61. The van der Waals surface area contributed by atoms with Crippen LogP contribution in [0.25, 0.3) is 0 Å². The van der Waals surface area contributed by atoms with Crippen LogP contribution in [0.5, 0.6) is 0 Å². The Hall–Kier alpha value is -1.06. The predicted octanol–water partition coefficient (Wildman–Crippen LogP) is 2.52. The monoisotopic (exact) mass is 255 g/mol. The molecule has 0 aliphatic heterocycles. The van der Waals surface area contributed by atoms with Crippen LogP contribution in [0.15, 0.2) is 0 Å². The Labute approximate surface area is 109 Å². The summed E-state index contributed by atoms with van der Waals surface area (Å²) in [4.78, 5) is 24.6. The summed E-state index contributed by atoms with van der Waals surface area (Å²) in [6, 6.07) is -0.0975. The molecule has 4 heteroatoms. The van der Waals surface area contributed by atoms with Crippen molar-refractivity contribution in [2.24, 2.45) is 11.3 Å². The summed E-state index contributed by atoms with van der Waals surface area (Å²) in [6.07, 6.45) is 2.78. The molecule has 0 aromatic rings. The van der Waals surface area contributed by atoms with Gasteiger partial charge in [0.05, 0.1) is 0 Å². The molecule has 0 radical (unpaired) electrons. The van der Waals surface area contributed by atoms with E-state index in [0.717, 1.165) is 6.42 Å². The van der Waals surface area contributed by atoms with Crippen LogP contribution >= 0.6 is 0 Å². The fourth-order valence-corrected chi connectivity index (χ4v) is 3.71. The maximum atomic E-state index is 11.8. The van der Waals surface area contributed by atoms with Gasteiger partial charge in [-0.3, -0.25) is 4.79 Å². The van der Waals surface area contributed by atoms with Gasteiger partial charge in [-0.1, -0.05) is 20.8 Å². The number of aliphatic carboxylic acids is 1. The highest BCUT2D eigenvalue weighted by Crippen LogP contribution is 2.46. The Morgan fingerprint density at radius 1 is 1.39 bits per heavy atom. The average Bonchev–Trinajstić information content (AvgIpc) is 2.13. The van der Waals surface area contributed by atoms with Crippen LogP contribution in [0.2, 0.25) is 0 Å². The van der Waals surface area contributed by atoms with Crippen molar-refractivity contribution < 1.29 is 14.7 Å². The van der Waals surface area contributed by atoms with Crippen molar-refractivity contribution >= 4 is 12.4 Å². The average molecular weight is 255 g/mol. The van der Waals surface area contributed by atoms with Gasteiger partial charge in [-0.05, 0) is 44.4 Å². The molecule has 1 fully saturated rings. The number of carboxylic acids is 1. The number of nitrogens with zero attached hydrogens (tertiary/aromatic N) is 1. The van der Waals surface area contributed by atoms with Crippen molar-refractivity contribution in [3.05, 3.63) is 0 Å². The second-order valence-electron chi connectivity index (χ2n) is 6.80. The van der Waals surface area contributed by atoms with Gasteiger partial charge in [0.15, 0.2) is 0 Å². The maximum absolute atomic E-state index is 11.8. The first-order chi connectivity index (χ1) is 8.14. The fraction of sp³-hybridized carbons (Fsp3) is 0.857. The first-order valence-corrected chi connectivity index (χ1v) is 6.62. The number of carbonyl (C=O) groups excluding carboxylic acids is 1. The predicted molar refractivity (Wildman–Crippen MR) is 70.2 cm³/mol. The molecule has 4 nitrogen and oxygen atoms in total. The van der Waals surface area contributed by atoms with E-state index in [2.05, 4.69) is 20.8 Å². The summed E-state index contributed by atoms with van der Waals surface area (Å²) in [6.45, 7) is 9.98. The standard InChI is InChI=1S/C14H25NO3/c1-10(2)15(9-16)14(12(17)18)7-11(3)6-13(4,5)8-14/h9-11H,6-8H2,1-5H3,(H,17,18). The van der Waals surface area contributed by atoms with Gasteiger partial charge in [-0.25, -0.2) is 4.79 Å². The van der Waals surface area contributed by atoms with E-state index in [-0.39, 0.29) is 11.5 Å². The molecular formula is C14H25NO3. The Morgan fingerprint density at radius 3 is 2.28 bits per heavy atom. The Morgan fingerprint density at radius 2 is 1.94 bits per heavy atom. The van der Waals surface area contributed by atoms with Crippen LogP contribution in [0, 0.1) is 11.3 Å². The van der Waals surface area contributed by atoms with Crippen molar-refractivity contribution in [1.82, 2.24) is 4.90 Å². The molecule has 2 atom stereocenters. The van der Waals surface area contributed by atoms with Crippen LogP contribution in [0.4, 0.5) is 0 Å². The van der Waals surface area contributed by atoms with Gasteiger partial charge in [0, 0.05) is 6.04 Å². The molecule has 104 valence electrons. The van der Waals surface area contributed by atoms with E-state index in [1.165, 1.54) is 4.90 Å². The zero-order chi connectivity index (χ0) is 14.1. The van der Waals surface area contributed by atoms with Gasteiger partial charge >= 0.3 is 5.97 Å². The summed E-state index contributed by atoms with van der Waals surface area (Å²) in [7, 11) is 0. The number of amides is 1. The molecule has 1 saturated carbocycles. The molecule has 0 spiro atoms. The van der Waals surface area contributed by atoms with Crippen LogP contribution in [0.3, 0.4) is 0 Å². The first kappa shape index (κ1) is 15.0. The van der Waals surface area contributed by atoms with E-state index >= 15 is 0 Å².